The number of fused-ring (bicyclic) bond motifs is 1. The number of amides is 1. The molecule has 0 aliphatic carbocycles. The van der Waals surface area contributed by atoms with Gasteiger partial charge in [-0.2, -0.15) is 0 Å². The first-order valence-corrected chi connectivity index (χ1v) is 7.12. The zero-order valence-electron chi connectivity index (χ0n) is 11.9. The highest BCUT2D eigenvalue weighted by molar-refractivity contribution is 5.78. The Bertz CT molecular complexity index is 674. The molecule has 0 saturated heterocycles. The fraction of sp³-hybridized carbons (Fsp3) is 0.235. The zero-order valence-corrected chi connectivity index (χ0v) is 11.9. The molecular weight excluding hydrogens is 285 g/mol. The Balaban J connectivity index is 1.59. The van der Waals surface area contributed by atoms with E-state index < -0.39 is 5.82 Å². The number of carbonyl (C=O) groups excluding carboxylic acids is 1. The van der Waals surface area contributed by atoms with Crippen molar-refractivity contribution in [2.24, 2.45) is 0 Å². The van der Waals surface area contributed by atoms with Gasteiger partial charge in [-0.3, -0.25) is 4.79 Å². The summed E-state index contributed by atoms with van der Waals surface area (Å²) in [6.07, 6.45) is 0.711. The van der Waals surface area contributed by atoms with Crippen molar-refractivity contribution in [3.63, 3.8) is 0 Å². The van der Waals surface area contributed by atoms with E-state index in [1.807, 2.05) is 24.3 Å². The van der Waals surface area contributed by atoms with Crippen LogP contribution in [0.2, 0.25) is 0 Å². The molecule has 2 aromatic carbocycles. The average Bonchev–Trinajstić information content (AvgIpc) is 2.53. The standard InChI is InChI=1S/C17H16FNO3/c18-12-4-3-5-13(10-12)22-11-17(20)19-15-8-9-21-16-7-2-1-6-14(15)16/h1-7,10,15H,8-9,11H2,(H,19,20)/t15-/m0/s1. The van der Waals surface area contributed by atoms with Gasteiger partial charge in [0.05, 0.1) is 12.6 Å². The van der Waals surface area contributed by atoms with Crippen LogP contribution in [0.25, 0.3) is 0 Å². The molecule has 4 nitrogen and oxygen atoms in total. The van der Waals surface area contributed by atoms with Gasteiger partial charge < -0.3 is 14.8 Å². The summed E-state index contributed by atoms with van der Waals surface area (Å²) in [7, 11) is 0. The first-order chi connectivity index (χ1) is 10.7. The summed E-state index contributed by atoms with van der Waals surface area (Å²) in [6, 6.07) is 13.3. The highest BCUT2D eigenvalue weighted by Gasteiger charge is 2.22. The second-order valence-corrected chi connectivity index (χ2v) is 5.04. The molecule has 1 N–H and O–H groups in total. The third-order valence-electron chi connectivity index (χ3n) is 3.46. The van der Waals surface area contributed by atoms with Crippen molar-refractivity contribution < 1.29 is 18.7 Å². The Morgan fingerprint density at radius 1 is 1.27 bits per heavy atom. The highest BCUT2D eigenvalue weighted by Crippen LogP contribution is 2.31. The molecule has 22 heavy (non-hydrogen) atoms. The quantitative estimate of drug-likeness (QED) is 0.944. The van der Waals surface area contributed by atoms with Crippen molar-refractivity contribution >= 4 is 5.91 Å². The second-order valence-electron chi connectivity index (χ2n) is 5.04. The van der Waals surface area contributed by atoms with Crippen LogP contribution in [0.4, 0.5) is 4.39 Å². The van der Waals surface area contributed by atoms with Crippen LogP contribution < -0.4 is 14.8 Å². The number of carbonyl (C=O) groups is 1. The number of benzene rings is 2. The third-order valence-corrected chi connectivity index (χ3v) is 3.46. The Kier molecular flexibility index (Phi) is 4.23. The molecule has 0 radical (unpaired) electrons. The summed E-state index contributed by atoms with van der Waals surface area (Å²) in [6.45, 7) is 0.412. The summed E-state index contributed by atoms with van der Waals surface area (Å²) in [5, 5.41) is 2.92. The SMILES string of the molecule is O=C(COc1cccc(F)c1)N[C@H]1CCOc2ccccc21. The number of halogens is 1. The molecule has 1 atom stereocenters. The predicted molar refractivity (Wildman–Crippen MR) is 79.3 cm³/mol. The van der Waals surface area contributed by atoms with Crippen molar-refractivity contribution in [3.8, 4) is 11.5 Å². The number of hydrogen-bond donors (Lipinski definition) is 1. The van der Waals surface area contributed by atoms with Crippen molar-refractivity contribution in [1.29, 1.82) is 0 Å². The molecule has 1 aliphatic rings. The number of rotatable bonds is 4. The first kappa shape index (κ1) is 14.4. The normalized spacial score (nSPS) is 16.3. The molecule has 0 spiro atoms. The number of nitrogens with one attached hydrogen (secondary N) is 1. The van der Waals surface area contributed by atoms with Crippen LogP contribution in [0.3, 0.4) is 0 Å². The highest BCUT2D eigenvalue weighted by atomic mass is 19.1. The van der Waals surface area contributed by atoms with Crippen molar-refractivity contribution in [3.05, 3.63) is 59.9 Å². The van der Waals surface area contributed by atoms with Crippen LogP contribution >= 0.6 is 0 Å². The largest absolute Gasteiger partial charge is 0.493 e. The van der Waals surface area contributed by atoms with Gasteiger partial charge in [0.2, 0.25) is 0 Å². The lowest BCUT2D eigenvalue weighted by molar-refractivity contribution is -0.124. The summed E-state index contributed by atoms with van der Waals surface area (Å²) >= 11 is 0. The third kappa shape index (κ3) is 3.36. The topological polar surface area (TPSA) is 47.6 Å². The van der Waals surface area contributed by atoms with Crippen LogP contribution in [-0.2, 0) is 4.79 Å². The van der Waals surface area contributed by atoms with Gasteiger partial charge in [-0.15, -0.1) is 0 Å². The maximum Gasteiger partial charge on any atom is 0.258 e. The van der Waals surface area contributed by atoms with Crippen LogP contribution in [0.1, 0.15) is 18.0 Å². The Morgan fingerprint density at radius 3 is 3.00 bits per heavy atom. The van der Waals surface area contributed by atoms with Crippen LogP contribution in [0.5, 0.6) is 11.5 Å². The minimum absolute atomic E-state index is 0.0893. The lowest BCUT2D eigenvalue weighted by Gasteiger charge is -2.26. The van der Waals surface area contributed by atoms with Crippen LogP contribution in [0, 0.1) is 5.82 Å². The minimum atomic E-state index is -0.392. The minimum Gasteiger partial charge on any atom is -0.493 e. The van der Waals surface area contributed by atoms with E-state index in [-0.39, 0.29) is 18.6 Å². The van der Waals surface area contributed by atoms with Crippen LogP contribution in [-0.4, -0.2) is 19.1 Å². The molecule has 3 rings (SSSR count). The molecule has 5 heteroatoms. The van der Waals surface area contributed by atoms with Crippen molar-refractivity contribution in [2.45, 2.75) is 12.5 Å². The Hall–Kier alpha value is -2.56. The second kappa shape index (κ2) is 6.47. The van der Waals surface area contributed by atoms with E-state index in [1.165, 1.54) is 18.2 Å². The fourth-order valence-electron chi connectivity index (χ4n) is 2.43. The first-order valence-electron chi connectivity index (χ1n) is 7.12. The summed E-state index contributed by atoms with van der Waals surface area (Å²) in [5.74, 6) is 0.495. The van der Waals surface area contributed by atoms with Gasteiger partial charge in [0, 0.05) is 18.1 Å². The van der Waals surface area contributed by atoms with Crippen LogP contribution in [0.15, 0.2) is 48.5 Å². The predicted octanol–water partition coefficient (Wildman–Crippen LogP) is 2.84. The molecule has 0 aromatic heterocycles. The molecule has 1 heterocycles. The van der Waals surface area contributed by atoms with E-state index >= 15 is 0 Å². The molecular formula is C17H16FNO3. The van der Waals surface area contributed by atoms with E-state index in [0.717, 1.165) is 11.3 Å². The van der Waals surface area contributed by atoms with Gasteiger partial charge >= 0.3 is 0 Å². The summed E-state index contributed by atoms with van der Waals surface area (Å²) in [4.78, 5) is 12.0. The smallest absolute Gasteiger partial charge is 0.258 e. The summed E-state index contributed by atoms with van der Waals surface area (Å²) in [5.41, 5.74) is 0.966. The molecule has 0 bridgehead atoms. The van der Waals surface area contributed by atoms with Gasteiger partial charge in [0.15, 0.2) is 6.61 Å². The van der Waals surface area contributed by atoms with Gasteiger partial charge in [-0.25, -0.2) is 4.39 Å². The monoisotopic (exact) mass is 301 g/mol. The van der Waals surface area contributed by atoms with Gasteiger partial charge in [-0.1, -0.05) is 24.3 Å². The summed E-state index contributed by atoms with van der Waals surface area (Å²) < 4.78 is 23.9. The molecule has 1 amide bonds. The van der Waals surface area contributed by atoms with Crippen molar-refractivity contribution in [1.82, 2.24) is 5.32 Å². The Labute approximate surface area is 127 Å². The van der Waals surface area contributed by atoms with E-state index in [4.69, 9.17) is 9.47 Å². The average molecular weight is 301 g/mol. The van der Waals surface area contributed by atoms with Crippen molar-refractivity contribution in [2.75, 3.05) is 13.2 Å². The number of para-hydroxylation sites is 1. The molecule has 2 aromatic rings. The maximum absolute atomic E-state index is 13.0. The maximum atomic E-state index is 13.0. The lowest BCUT2D eigenvalue weighted by Crippen LogP contribution is -2.35. The van der Waals surface area contributed by atoms with E-state index in [2.05, 4.69) is 5.32 Å². The fourth-order valence-corrected chi connectivity index (χ4v) is 2.43. The molecule has 1 aliphatic heterocycles. The van der Waals surface area contributed by atoms with Gasteiger partial charge in [0.1, 0.15) is 17.3 Å². The van der Waals surface area contributed by atoms with E-state index in [9.17, 15) is 9.18 Å². The number of ether oxygens (including phenoxy) is 2. The van der Waals surface area contributed by atoms with E-state index in [1.54, 1.807) is 6.07 Å². The van der Waals surface area contributed by atoms with Gasteiger partial charge in [0.25, 0.3) is 5.91 Å². The molecule has 114 valence electrons. The van der Waals surface area contributed by atoms with Gasteiger partial charge in [-0.05, 0) is 18.2 Å². The Morgan fingerprint density at radius 2 is 2.14 bits per heavy atom. The zero-order chi connectivity index (χ0) is 15.4. The molecule has 0 unspecified atom stereocenters. The number of hydrogen-bond acceptors (Lipinski definition) is 3. The van der Waals surface area contributed by atoms with E-state index in [0.29, 0.717) is 18.8 Å². The molecule has 0 fully saturated rings. The lowest BCUT2D eigenvalue weighted by atomic mass is 10.0. The molecule has 0 saturated carbocycles.